The molecule has 1 fully saturated rings. The lowest BCUT2D eigenvalue weighted by molar-refractivity contribution is 0.0937. The van der Waals surface area contributed by atoms with Gasteiger partial charge in [0.25, 0.3) is 5.56 Å². The van der Waals surface area contributed by atoms with Gasteiger partial charge in [-0.1, -0.05) is 35.0 Å². The Bertz CT molecular complexity index is 822. The Morgan fingerprint density at radius 3 is 3.04 bits per heavy atom. The SMILES string of the molecule is CC(C)=CCSc1nc2cc(Cl)ccc2c(=O)n1C[C@@H]1CCCO1. The summed E-state index contributed by atoms with van der Waals surface area (Å²) in [4.78, 5) is 17.6. The second-order valence-electron chi connectivity index (χ2n) is 6.20. The molecule has 1 atom stereocenters. The average Bonchev–Trinajstić information content (AvgIpc) is 3.03. The van der Waals surface area contributed by atoms with Crippen molar-refractivity contribution in [3.8, 4) is 0 Å². The number of thioether (sulfide) groups is 1. The first-order valence-electron chi connectivity index (χ1n) is 8.12. The number of fused-ring (bicyclic) bond motifs is 1. The van der Waals surface area contributed by atoms with Gasteiger partial charge in [0.15, 0.2) is 5.16 Å². The number of hydrogen-bond donors (Lipinski definition) is 0. The van der Waals surface area contributed by atoms with Crippen LogP contribution in [0, 0.1) is 0 Å². The predicted octanol–water partition coefficient (Wildman–Crippen LogP) is 4.29. The van der Waals surface area contributed by atoms with Crippen molar-refractivity contribution in [3.05, 3.63) is 45.2 Å². The first-order chi connectivity index (χ1) is 11.5. The van der Waals surface area contributed by atoms with Gasteiger partial charge in [-0.05, 0) is 44.9 Å². The van der Waals surface area contributed by atoms with Gasteiger partial charge in [-0.15, -0.1) is 0 Å². The van der Waals surface area contributed by atoms with Gasteiger partial charge in [0.05, 0.1) is 23.6 Å². The number of benzene rings is 1. The van der Waals surface area contributed by atoms with Crippen molar-refractivity contribution in [1.82, 2.24) is 9.55 Å². The molecule has 0 saturated carbocycles. The van der Waals surface area contributed by atoms with Crippen LogP contribution in [-0.2, 0) is 11.3 Å². The van der Waals surface area contributed by atoms with Crippen LogP contribution in [0.3, 0.4) is 0 Å². The van der Waals surface area contributed by atoms with E-state index in [0.29, 0.717) is 22.5 Å². The highest BCUT2D eigenvalue weighted by Gasteiger charge is 2.20. The van der Waals surface area contributed by atoms with Crippen LogP contribution in [-0.4, -0.2) is 28.0 Å². The summed E-state index contributed by atoms with van der Waals surface area (Å²) in [6.45, 7) is 5.46. The topological polar surface area (TPSA) is 44.1 Å². The van der Waals surface area contributed by atoms with Crippen LogP contribution in [0.15, 0.2) is 39.8 Å². The number of allylic oxidation sites excluding steroid dienone is 1. The summed E-state index contributed by atoms with van der Waals surface area (Å²) in [5.74, 6) is 0.784. The lowest BCUT2D eigenvalue weighted by Crippen LogP contribution is -2.28. The quantitative estimate of drug-likeness (QED) is 0.451. The van der Waals surface area contributed by atoms with Crippen LogP contribution in [0.5, 0.6) is 0 Å². The lowest BCUT2D eigenvalue weighted by Gasteiger charge is -2.16. The van der Waals surface area contributed by atoms with E-state index in [4.69, 9.17) is 21.3 Å². The molecule has 4 nitrogen and oxygen atoms in total. The van der Waals surface area contributed by atoms with Gasteiger partial charge in [0.2, 0.25) is 0 Å². The molecule has 2 heterocycles. The molecule has 6 heteroatoms. The Morgan fingerprint density at radius 1 is 1.50 bits per heavy atom. The van der Waals surface area contributed by atoms with E-state index in [1.165, 1.54) is 5.57 Å². The summed E-state index contributed by atoms with van der Waals surface area (Å²) < 4.78 is 7.47. The summed E-state index contributed by atoms with van der Waals surface area (Å²) in [5, 5.41) is 1.92. The zero-order chi connectivity index (χ0) is 17.1. The van der Waals surface area contributed by atoms with Crippen LogP contribution in [0.2, 0.25) is 5.02 Å². The lowest BCUT2D eigenvalue weighted by atomic mass is 10.2. The van der Waals surface area contributed by atoms with E-state index in [1.807, 2.05) is 0 Å². The first kappa shape index (κ1) is 17.5. The van der Waals surface area contributed by atoms with Crippen molar-refractivity contribution in [2.45, 2.75) is 44.5 Å². The van der Waals surface area contributed by atoms with E-state index in [-0.39, 0.29) is 11.7 Å². The van der Waals surface area contributed by atoms with E-state index >= 15 is 0 Å². The maximum Gasteiger partial charge on any atom is 0.262 e. The number of aromatic nitrogens is 2. The molecule has 0 unspecified atom stereocenters. The Kier molecular flexibility index (Phi) is 5.64. The molecule has 2 aromatic rings. The molecule has 3 rings (SSSR count). The second-order valence-corrected chi connectivity index (χ2v) is 7.62. The van der Waals surface area contributed by atoms with E-state index in [9.17, 15) is 4.79 Å². The number of halogens is 1. The molecule has 1 saturated heterocycles. The fourth-order valence-corrected chi connectivity index (χ4v) is 3.93. The second kappa shape index (κ2) is 7.72. The molecule has 0 N–H and O–H groups in total. The Hall–Kier alpha value is -1.30. The van der Waals surface area contributed by atoms with E-state index in [1.54, 1.807) is 34.5 Å². The number of rotatable bonds is 5. The minimum absolute atomic E-state index is 0.0214. The summed E-state index contributed by atoms with van der Waals surface area (Å²) in [7, 11) is 0. The molecule has 0 bridgehead atoms. The Morgan fingerprint density at radius 2 is 2.33 bits per heavy atom. The number of hydrogen-bond acceptors (Lipinski definition) is 4. The van der Waals surface area contributed by atoms with Crippen molar-refractivity contribution in [2.75, 3.05) is 12.4 Å². The fourth-order valence-electron chi connectivity index (χ4n) is 2.72. The molecular weight excluding hydrogens is 344 g/mol. The smallest absolute Gasteiger partial charge is 0.262 e. The van der Waals surface area contributed by atoms with Gasteiger partial charge in [-0.3, -0.25) is 9.36 Å². The molecule has 0 amide bonds. The average molecular weight is 365 g/mol. The molecule has 0 radical (unpaired) electrons. The Balaban J connectivity index is 2.02. The third-order valence-corrected chi connectivity index (χ3v) is 5.13. The molecule has 128 valence electrons. The maximum absolute atomic E-state index is 12.9. The molecule has 1 aliphatic rings. The molecule has 0 aliphatic carbocycles. The summed E-state index contributed by atoms with van der Waals surface area (Å²) >= 11 is 7.63. The van der Waals surface area contributed by atoms with E-state index in [2.05, 4.69) is 19.9 Å². The zero-order valence-corrected chi connectivity index (χ0v) is 15.5. The van der Waals surface area contributed by atoms with Crippen LogP contribution in [0.25, 0.3) is 10.9 Å². The third-order valence-electron chi connectivity index (χ3n) is 4.00. The fraction of sp³-hybridized carbons (Fsp3) is 0.444. The summed E-state index contributed by atoms with van der Waals surface area (Å²) in [6, 6.07) is 5.24. The summed E-state index contributed by atoms with van der Waals surface area (Å²) in [5.41, 5.74) is 1.88. The predicted molar refractivity (Wildman–Crippen MR) is 100 cm³/mol. The maximum atomic E-state index is 12.9. The molecule has 0 spiro atoms. The third kappa shape index (κ3) is 4.02. The van der Waals surface area contributed by atoms with Gasteiger partial charge >= 0.3 is 0 Å². The molecular formula is C18H21ClN2O2S. The van der Waals surface area contributed by atoms with E-state index < -0.39 is 0 Å². The van der Waals surface area contributed by atoms with Crippen molar-refractivity contribution in [3.63, 3.8) is 0 Å². The highest BCUT2D eigenvalue weighted by atomic mass is 35.5. The highest BCUT2D eigenvalue weighted by molar-refractivity contribution is 7.99. The normalized spacial score (nSPS) is 17.4. The minimum Gasteiger partial charge on any atom is -0.376 e. The monoisotopic (exact) mass is 364 g/mol. The first-order valence-corrected chi connectivity index (χ1v) is 9.49. The van der Waals surface area contributed by atoms with Gasteiger partial charge in [0.1, 0.15) is 0 Å². The van der Waals surface area contributed by atoms with Crippen molar-refractivity contribution >= 4 is 34.3 Å². The van der Waals surface area contributed by atoms with Gasteiger partial charge in [-0.2, -0.15) is 0 Å². The molecule has 1 aliphatic heterocycles. The van der Waals surface area contributed by atoms with Crippen molar-refractivity contribution < 1.29 is 4.74 Å². The zero-order valence-electron chi connectivity index (χ0n) is 13.9. The number of ether oxygens (including phenoxy) is 1. The molecule has 1 aromatic carbocycles. The van der Waals surface area contributed by atoms with Crippen LogP contribution in [0.4, 0.5) is 0 Å². The van der Waals surface area contributed by atoms with Gasteiger partial charge in [-0.25, -0.2) is 4.98 Å². The highest BCUT2D eigenvalue weighted by Crippen LogP contribution is 2.23. The van der Waals surface area contributed by atoms with Crippen molar-refractivity contribution in [2.24, 2.45) is 0 Å². The van der Waals surface area contributed by atoms with Gasteiger partial charge < -0.3 is 4.74 Å². The summed E-state index contributed by atoms with van der Waals surface area (Å²) in [6.07, 6.45) is 4.27. The minimum atomic E-state index is -0.0214. The molecule has 1 aromatic heterocycles. The largest absolute Gasteiger partial charge is 0.376 e. The van der Waals surface area contributed by atoms with Crippen LogP contribution < -0.4 is 5.56 Å². The number of nitrogens with zero attached hydrogens (tertiary/aromatic N) is 2. The van der Waals surface area contributed by atoms with Crippen molar-refractivity contribution in [1.29, 1.82) is 0 Å². The van der Waals surface area contributed by atoms with E-state index in [0.717, 1.165) is 30.4 Å². The Labute approximate surface area is 150 Å². The molecule has 24 heavy (non-hydrogen) atoms. The standard InChI is InChI=1S/C18H21ClN2O2S/c1-12(2)7-9-24-18-20-16-10-13(19)5-6-15(16)17(22)21(18)11-14-4-3-8-23-14/h5-7,10,14H,3-4,8-9,11H2,1-2H3/t14-/m0/s1. The van der Waals surface area contributed by atoms with Crippen LogP contribution >= 0.6 is 23.4 Å². The van der Waals surface area contributed by atoms with Crippen LogP contribution in [0.1, 0.15) is 26.7 Å². The van der Waals surface area contributed by atoms with Gasteiger partial charge in [0, 0.05) is 17.4 Å².